The fourth-order valence-electron chi connectivity index (χ4n) is 3.21. The maximum absolute atomic E-state index is 11.5. The van der Waals surface area contributed by atoms with Crippen LogP contribution in [0.5, 0.6) is 0 Å². The van der Waals surface area contributed by atoms with E-state index in [0.717, 1.165) is 27.9 Å². The van der Waals surface area contributed by atoms with E-state index in [2.05, 4.69) is 15.4 Å². The van der Waals surface area contributed by atoms with Gasteiger partial charge in [0.15, 0.2) is 0 Å². The average molecular weight is 296 g/mol. The highest BCUT2D eigenvalue weighted by Gasteiger charge is 2.34. The number of nitrogens with one attached hydrogen (secondary N) is 2. The Labute approximate surface area is 126 Å². The number of para-hydroxylation sites is 1. The summed E-state index contributed by atoms with van der Waals surface area (Å²) < 4.78 is 1.73. The highest BCUT2D eigenvalue weighted by Crippen LogP contribution is 2.34. The summed E-state index contributed by atoms with van der Waals surface area (Å²) >= 11 is 0. The normalized spacial score (nSPS) is 21.0. The molecule has 2 atom stereocenters. The summed E-state index contributed by atoms with van der Waals surface area (Å²) in [4.78, 5) is 14.9. The molecule has 3 N–H and O–H groups in total. The van der Waals surface area contributed by atoms with Crippen LogP contribution in [0.25, 0.3) is 10.9 Å². The summed E-state index contributed by atoms with van der Waals surface area (Å²) in [5, 5.41) is 18.2. The summed E-state index contributed by atoms with van der Waals surface area (Å²) in [7, 11) is 1.85. The molecule has 0 unspecified atom stereocenters. The zero-order valence-corrected chi connectivity index (χ0v) is 12.1. The number of benzene rings is 1. The van der Waals surface area contributed by atoms with Gasteiger partial charge in [-0.3, -0.25) is 14.8 Å². The standard InChI is InChI=1S/C16H16N4O2/c1-20-7-6-12(19-20)15-14-10(8-13(18-15)16(21)22)9-4-2-3-5-11(9)17-14/h2-7,13,15,17-18H,8H2,1H3,(H,21,22)/t13-,15-/m1/s1. The van der Waals surface area contributed by atoms with Gasteiger partial charge in [-0.25, -0.2) is 0 Å². The van der Waals surface area contributed by atoms with E-state index in [0.29, 0.717) is 6.42 Å². The van der Waals surface area contributed by atoms with E-state index < -0.39 is 12.0 Å². The lowest BCUT2D eigenvalue weighted by molar-refractivity contribution is -0.139. The zero-order chi connectivity index (χ0) is 15.3. The second-order valence-corrected chi connectivity index (χ2v) is 5.67. The molecule has 0 fully saturated rings. The van der Waals surface area contributed by atoms with Crippen LogP contribution >= 0.6 is 0 Å². The van der Waals surface area contributed by atoms with Gasteiger partial charge in [0.1, 0.15) is 6.04 Å². The number of carboxylic acid groups (broad SMARTS) is 1. The van der Waals surface area contributed by atoms with Crippen LogP contribution < -0.4 is 5.32 Å². The number of aromatic amines is 1. The summed E-state index contributed by atoms with van der Waals surface area (Å²) in [6.45, 7) is 0. The Bertz CT molecular complexity index is 864. The van der Waals surface area contributed by atoms with Gasteiger partial charge in [0.25, 0.3) is 0 Å². The van der Waals surface area contributed by atoms with Crippen molar-refractivity contribution in [1.29, 1.82) is 0 Å². The minimum atomic E-state index is -0.836. The van der Waals surface area contributed by atoms with E-state index in [-0.39, 0.29) is 6.04 Å². The molecule has 112 valence electrons. The van der Waals surface area contributed by atoms with Gasteiger partial charge in [0.05, 0.1) is 11.7 Å². The highest BCUT2D eigenvalue weighted by molar-refractivity contribution is 5.87. The van der Waals surface area contributed by atoms with E-state index >= 15 is 0 Å². The molecule has 0 amide bonds. The third-order valence-corrected chi connectivity index (χ3v) is 4.24. The second-order valence-electron chi connectivity index (χ2n) is 5.67. The zero-order valence-electron chi connectivity index (χ0n) is 12.1. The van der Waals surface area contributed by atoms with Gasteiger partial charge in [0, 0.05) is 36.3 Å². The molecule has 0 spiro atoms. The highest BCUT2D eigenvalue weighted by atomic mass is 16.4. The van der Waals surface area contributed by atoms with Gasteiger partial charge < -0.3 is 10.1 Å². The molecule has 2 aromatic heterocycles. The van der Waals surface area contributed by atoms with Crippen molar-refractivity contribution in [2.45, 2.75) is 18.5 Å². The van der Waals surface area contributed by atoms with E-state index in [9.17, 15) is 9.90 Å². The molecule has 0 aliphatic carbocycles. The van der Waals surface area contributed by atoms with Crippen molar-refractivity contribution in [2.24, 2.45) is 7.05 Å². The summed E-state index contributed by atoms with van der Waals surface area (Å²) in [6.07, 6.45) is 2.34. The molecular weight excluding hydrogens is 280 g/mol. The van der Waals surface area contributed by atoms with E-state index in [1.54, 1.807) is 4.68 Å². The quantitative estimate of drug-likeness (QED) is 0.670. The predicted molar refractivity (Wildman–Crippen MR) is 81.6 cm³/mol. The minimum Gasteiger partial charge on any atom is -0.480 e. The first-order valence-electron chi connectivity index (χ1n) is 7.21. The van der Waals surface area contributed by atoms with Crippen molar-refractivity contribution in [3.05, 3.63) is 53.5 Å². The Kier molecular flexibility index (Phi) is 2.80. The van der Waals surface area contributed by atoms with Gasteiger partial charge >= 0.3 is 5.97 Å². The molecule has 0 saturated carbocycles. The molecular formula is C16H16N4O2. The number of carbonyl (C=O) groups is 1. The van der Waals surface area contributed by atoms with Gasteiger partial charge in [-0.1, -0.05) is 18.2 Å². The number of carboxylic acids is 1. The number of aliphatic carboxylic acids is 1. The van der Waals surface area contributed by atoms with Crippen LogP contribution in [0.2, 0.25) is 0 Å². The number of nitrogens with zero attached hydrogens (tertiary/aromatic N) is 2. The van der Waals surface area contributed by atoms with Crippen LogP contribution in [-0.4, -0.2) is 31.9 Å². The molecule has 0 radical (unpaired) electrons. The first-order valence-corrected chi connectivity index (χ1v) is 7.21. The Morgan fingerprint density at radius 1 is 1.36 bits per heavy atom. The molecule has 3 aromatic rings. The smallest absolute Gasteiger partial charge is 0.321 e. The number of hydrogen-bond acceptors (Lipinski definition) is 3. The van der Waals surface area contributed by atoms with E-state index in [1.807, 2.05) is 43.6 Å². The second kappa shape index (κ2) is 4.71. The maximum atomic E-state index is 11.5. The summed E-state index contributed by atoms with van der Waals surface area (Å²) in [5.74, 6) is -0.836. The molecule has 0 bridgehead atoms. The predicted octanol–water partition coefficient (Wildman–Crippen LogP) is 1.59. The number of hydrogen-bond donors (Lipinski definition) is 3. The fourth-order valence-corrected chi connectivity index (χ4v) is 3.21. The average Bonchev–Trinajstić information content (AvgIpc) is 3.09. The third-order valence-electron chi connectivity index (χ3n) is 4.24. The number of H-pyrrole nitrogens is 1. The molecule has 1 aromatic carbocycles. The van der Waals surface area contributed by atoms with Crippen LogP contribution in [0, 0.1) is 0 Å². The van der Waals surface area contributed by atoms with Crippen LogP contribution in [0.1, 0.15) is 23.0 Å². The van der Waals surface area contributed by atoms with Crippen molar-refractivity contribution in [1.82, 2.24) is 20.1 Å². The fraction of sp³-hybridized carbons (Fsp3) is 0.250. The monoisotopic (exact) mass is 296 g/mol. The molecule has 6 nitrogen and oxygen atoms in total. The lowest BCUT2D eigenvalue weighted by Gasteiger charge is -2.28. The minimum absolute atomic E-state index is 0.238. The molecule has 6 heteroatoms. The van der Waals surface area contributed by atoms with Crippen molar-refractivity contribution in [3.63, 3.8) is 0 Å². The molecule has 4 rings (SSSR count). The van der Waals surface area contributed by atoms with Crippen molar-refractivity contribution in [2.75, 3.05) is 0 Å². The third kappa shape index (κ3) is 1.92. The topological polar surface area (TPSA) is 82.9 Å². The molecule has 0 saturated heterocycles. The number of aryl methyl sites for hydroxylation is 1. The molecule has 3 heterocycles. The lowest BCUT2D eigenvalue weighted by atomic mass is 9.92. The SMILES string of the molecule is Cn1ccc([C@H]2N[C@@H](C(=O)O)Cc3c2[nH]c2ccccc32)n1. The van der Waals surface area contributed by atoms with E-state index in [1.165, 1.54) is 0 Å². The Morgan fingerprint density at radius 2 is 2.18 bits per heavy atom. The van der Waals surface area contributed by atoms with Gasteiger partial charge in [0.2, 0.25) is 0 Å². The van der Waals surface area contributed by atoms with Crippen LogP contribution in [0.15, 0.2) is 36.5 Å². The first-order chi connectivity index (χ1) is 10.6. The largest absolute Gasteiger partial charge is 0.480 e. The van der Waals surface area contributed by atoms with Crippen molar-refractivity contribution < 1.29 is 9.90 Å². The molecule has 1 aliphatic rings. The van der Waals surface area contributed by atoms with Crippen LogP contribution in [-0.2, 0) is 18.3 Å². The van der Waals surface area contributed by atoms with Crippen LogP contribution in [0.4, 0.5) is 0 Å². The molecule has 22 heavy (non-hydrogen) atoms. The van der Waals surface area contributed by atoms with Crippen molar-refractivity contribution in [3.8, 4) is 0 Å². The maximum Gasteiger partial charge on any atom is 0.321 e. The van der Waals surface area contributed by atoms with Gasteiger partial charge in [-0.05, 0) is 17.7 Å². The number of aromatic nitrogens is 3. The van der Waals surface area contributed by atoms with Crippen molar-refractivity contribution >= 4 is 16.9 Å². The van der Waals surface area contributed by atoms with Crippen LogP contribution in [0.3, 0.4) is 0 Å². The van der Waals surface area contributed by atoms with E-state index in [4.69, 9.17) is 0 Å². The van der Waals surface area contributed by atoms with Gasteiger partial charge in [-0.15, -0.1) is 0 Å². The number of rotatable bonds is 2. The molecule has 1 aliphatic heterocycles. The number of fused-ring (bicyclic) bond motifs is 3. The Morgan fingerprint density at radius 3 is 2.91 bits per heavy atom. The summed E-state index contributed by atoms with van der Waals surface area (Å²) in [5.41, 5.74) is 3.93. The Hall–Kier alpha value is -2.60. The first kappa shape index (κ1) is 13.1. The Balaban J connectivity index is 1.91. The lowest BCUT2D eigenvalue weighted by Crippen LogP contribution is -2.45. The van der Waals surface area contributed by atoms with Gasteiger partial charge in [-0.2, -0.15) is 5.10 Å². The summed E-state index contributed by atoms with van der Waals surface area (Å²) in [6, 6.07) is 9.06.